The third-order valence-corrected chi connectivity index (χ3v) is 3.22. The molecular formula is C10H14N5O3S+. The largest absolute Gasteiger partial charge is 0.286 e. The highest BCUT2D eigenvalue weighted by Crippen LogP contribution is 2.09. The molecule has 0 spiro atoms. The molecule has 0 atom stereocenters. The van der Waals surface area contributed by atoms with Gasteiger partial charge in [-0.05, 0) is 5.10 Å². The Morgan fingerprint density at radius 2 is 2.26 bits per heavy atom. The van der Waals surface area contributed by atoms with Crippen LogP contribution in [-0.4, -0.2) is 38.6 Å². The van der Waals surface area contributed by atoms with E-state index in [-0.39, 0.29) is 5.75 Å². The number of aromatic nitrogens is 5. The average Bonchev–Trinajstić information content (AvgIpc) is 2.75. The molecule has 2 aromatic rings. The van der Waals surface area contributed by atoms with Gasteiger partial charge in [-0.25, -0.2) is 4.98 Å². The van der Waals surface area contributed by atoms with Crippen LogP contribution in [0.2, 0.25) is 0 Å². The van der Waals surface area contributed by atoms with Crippen LogP contribution in [0.1, 0.15) is 6.42 Å². The normalized spacial score (nSPS) is 11.7. The molecule has 0 radical (unpaired) electrons. The molecule has 0 aliphatic carbocycles. The molecular weight excluding hydrogens is 270 g/mol. The van der Waals surface area contributed by atoms with Crippen LogP contribution in [-0.2, 0) is 23.7 Å². The van der Waals surface area contributed by atoms with Gasteiger partial charge in [0.1, 0.15) is 12.5 Å². The van der Waals surface area contributed by atoms with Crippen LogP contribution >= 0.6 is 0 Å². The Hall–Kier alpha value is -1.87. The van der Waals surface area contributed by atoms with E-state index in [2.05, 4.69) is 15.2 Å². The Kier molecular flexibility index (Phi) is 3.86. The number of rotatable bonds is 5. The fraction of sp³-hybridized carbons (Fsp3) is 0.400. The summed E-state index contributed by atoms with van der Waals surface area (Å²) in [5.41, 5.74) is 0.784. The predicted octanol–water partition coefficient (Wildman–Crippen LogP) is -0.557. The van der Waals surface area contributed by atoms with E-state index in [1.54, 1.807) is 41.2 Å². The number of aryl methyl sites for hydroxylation is 2. The van der Waals surface area contributed by atoms with Crippen LogP contribution < -0.4 is 4.68 Å². The highest BCUT2D eigenvalue weighted by atomic mass is 32.2. The molecule has 0 saturated heterocycles. The fourth-order valence-electron chi connectivity index (χ4n) is 1.53. The van der Waals surface area contributed by atoms with Gasteiger partial charge >= 0.3 is 0 Å². The third kappa shape index (κ3) is 4.07. The van der Waals surface area contributed by atoms with E-state index < -0.39 is 10.1 Å². The lowest BCUT2D eigenvalue weighted by atomic mass is 10.3. The number of nitrogens with zero attached hydrogens (tertiary/aromatic N) is 5. The monoisotopic (exact) mass is 284 g/mol. The van der Waals surface area contributed by atoms with Gasteiger partial charge in [0.25, 0.3) is 10.1 Å². The van der Waals surface area contributed by atoms with Gasteiger partial charge in [-0.15, -0.1) is 0 Å². The summed E-state index contributed by atoms with van der Waals surface area (Å²) in [6.07, 6.45) is 5.23. The maximum absolute atomic E-state index is 10.6. The van der Waals surface area contributed by atoms with E-state index in [0.29, 0.717) is 18.8 Å². The van der Waals surface area contributed by atoms with E-state index in [4.69, 9.17) is 4.55 Å². The summed E-state index contributed by atoms with van der Waals surface area (Å²) >= 11 is 0. The summed E-state index contributed by atoms with van der Waals surface area (Å²) in [6.45, 7) is 0.412. The average molecular weight is 284 g/mol. The molecule has 8 nitrogen and oxygen atoms in total. The minimum Gasteiger partial charge on any atom is -0.286 e. The SMILES string of the molecule is Cn1cnc(-c2cc[n+](CCCS(=O)(=O)O)nc2)n1. The van der Waals surface area contributed by atoms with Crippen LogP contribution in [0.15, 0.2) is 24.8 Å². The van der Waals surface area contributed by atoms with Crippen molar-refractivity contribution in [3.8, 4) is 11.4 Å². The first-order valence-corrected chi connectivity index (χ1v) is 7.22. The zero-order valence-electron chi connectivity index (χ0n) is 10.3. The van der Waals surface area contributed by atoms with Crippen LogP contribution in [0.25, 0.3) is 11.4 Å². The van der Waals surface area contributed by atoms with Gasteiger partial charge in [-0.1, -0.05) is 4.68 Å². The van der Waals surface area contributed by atoms with Gasteiger partial charge in [0.2, 0.25) is 0 Å². The Morgan fingerprint density at radius 3 is 2.79 bits per heavy atom. The molecule has 2 rings (SSSR count). The molecule has 0 aliphatic rings. The molecule has 9 heteroatoms. The summed E-state index contributed by atoms with van der Waals surface area (Å²) in [5, 5.41) is 8.28. The molecule has 2 heterocycles. The first kappa shape index (κ1) is 13.6. The van der Waals surface area contributed by atoms with E-state index in [1.165, 1.54) is 0 Å². The van der Waals surface area contributed by atoms with Crippen LogP contribution in [0.3, 0.4) is 0 Å². The Bertz CT molecular complexity index is 650. The van der Waals surface area contributed by atoms with E-state index in [9.17, 15) is 8.42 Å². The summed E-state index contributed by atoms with van der Waals surface area (Å²) in [5.74, 6) is 0.311. The Balaban J connectivity index is 1.99. The van der Waals surface area contributed by atoms with Gasteiger partial charge in [0, 0.05) is 19.5 Å². The maximum atomic E-state index is 10.6. The molecule has 19 heavy (non-hydrogen) atoms. The van der Waals surface area contributed by atoms with Crippen LogP contribution in [0.4, 0.5) is 0 Å². The van der Waals surface area contributed by atoms with Crippen molar-refractivity contribution in [2.24, 2.45) is 7.05 Å². The molecule has 102 valence electrons. The van der Waals surface area contributed by atoms with E-state index >= 15 is 0 Å². The minimum atomic E-state index is -3.91. The maximum Gasteiger partial charge on any atom is 0.265 e. The van der Waals surface area contributed by atoms with Crippen molar-refractivity contribution in [1.82, 2.24) is 19.9 Å². The standard InChI is InChI=1S/C10H13N5O3S/c1-14-8-11-10(13-14)9-3-5-15(12-7-9)4-2-6-19(16,17)18/h3,5,7-8H,2,4,6H2,1H3/p+1. The van der Waals surface area contributed by atoms with Crippen LogP contribution in [0.5, 0.6) is 0 Å². The summed E-state index contributed by atoms with van der Waals surface area (Å²) in [7, 11) is -2.13. The number of hydrogen-bond donors (Lipinski definition) is 1. The fourth-order valence-corrected chi connectivity index (χ4v) is 2.02. The second-order valence-corrected chi connectivity index (χ2v) is 5.63. The van der Waals surface area contributed by atoms with Gasteiger partial charge < -0.3 is 0 Å². The Labute approximate surface area is 110 Å². The Morgan fingerprint density at radius 1 is 1.47 bits per heavy atom. The second-order valence-electron chi connectivity index (χ2n) is 4.06. The number of hydrogen-bond acceptors (Lipinski definition) is 5. The summed E-state index contributed by atoms with van der Waals surface area (Å²) < 4.78 is 32.9. The summed E-state index contributed by atoms with van der Waals surface area (Å²) in [6, 6.07) is 1.80. The van der Waals surface area contributed by atoms with Gasteiger partial charge in [-0.3, -0.25) is 9.23 Å². The molecule has 0 aromatic carbocycles. The predicted molar refractivity (Wildman–Crippen MR) is 65.5 cm³/mol. The highest BCUT2D eigenvalue weighted by Gasteiger charge is 2.10. The van der Waals surface area contributed by atoms with Gasteiger partial charge in [0.15, 0.2) is 18.6 Å². The lowest BCUT2D eigenvalue weighted by Crippen LogP contribution is -2.38. The van der Waals surface area contributed by atoms with Crippen molar-refractivity contribution in [3.63, 3.8) is 0 Å². The lowest BCUT2D eigenvalue weighted by molar-refractivity contribution is -0.753. The van der Waals surface area contributed by atoms with Gasteiger partial charge in [-0.2, -0.15) is 13.5 Å². The minimum absolute atomic E-state index is 0.273. The van der Waals surface area contributed by atoms with Crippen molar-refractivity contribution in [2.45, 2.75) is 13.0 Å². The zero-order valence-corrected chi connectivity index (χ0v) is 11.2. The molecule has 0 bridgehead atoms. The molecule has 0 saturated carbocycles. The third-order valence-electron chi connectivity index (χ3n) is 2.42. The second kappa shape index (κ2) is 5.41. The molecule has 0 unspecified atom stereocenters. The van der Waals surface area contributed by atoms with Crippen LogP contribution in [0, 0.1) is 0 Å². The van der Waals surface area contributed by atoms with E-state index in [0.717, 1.165) is 5.56 Å². The highest BCUT2D eigenvalue weighted by molar-refractivity contribution is 7.85. The molecule has 2 aromatic heterocycles. The molecule has 0 amide bonds. The lowest BCUT2D eigenvalue weighted by Gasteiger charge is -1.95. The topological polar surface area (TPSA) is 102 Å². The summed E-state index contributed by atoms with van der Waals surface area (Å²) in [4.78, 5) is 4.10. The zero-order chi connectivity index (χ0) is 13.9. The van der Waals surface area contributed by atoms with Gasteiger partial charge in [0.05, 0.1) is 11.3 Å². The quantitative estimate of drug-likeness (QED) is 0.583. The molecule has 0 aliphatic heterocycles. The van der Waals surface area contributed by atoms with Crippen molar-refractivity contribution in [1.29, 1.82) is 0 Å². The molecule has 1 N–H and O–H groups in total. The smallest absolute Gasteiger partial charge is 0.265 e. The van der Waals surface area contributed by atoms with Crippen molar-refractivity contribution >= 4 is 10.1 Å². The van der Waals surface area contributed by atoms with Crippen molar-refractivity contribution < 1.29 is 17.7 Å². The first-order chi connectivity index (χ1) is 8.94. The molecule has 0 fully saturated rings. The first-order valence-electron chi connectivity index (χ1n) is 5.61. The van der Waals surface area contributed by atoms with Crippen molar-refractivity contribution in [2.75, 3.05) is 5.75 Å². The van der Waals surface area contributed by atoms with E-state index in [1.807, 2.05) is 0 Å². The van der Waals surface area contributed by atoms with Crippen molar-refractivity contribution in [3.05, 3.63) is 24.8 Å².